The largest absolute Gasteiger partial charge is 0.379 e. The van der Waals surface area contributed by atoms with Crippen molar-refractivity contribution in [2.24, 2.45) is 0 Å². The zero-order chi connectivity index (χ0) is 19.9. The maximum atomic E-state index is 12.7. The molecule has 0 spiro atoms. The summed E-state index contributed by atoms with van der Waals surface area (Å²) in [5.74, 6) is 0.177. The number of amides is 1. The number of anilines is 1. The highest BCUT2D eigenvalue weighted by molar-refractivity contribution is 5.78. The van der Waals surface area contributed by atoms with Crippen LogP contribution in [-0.2, 0) is 9.53 Å². The first kappa shape index (κ1) is 20.6. The summed E-state index contributed by atoms with van der Waals surface area (Å²) in [7, 11) is 0. The van der Waals surface area contributed by atoms with Gasteiger partial charge in [0.05, 0.1) is 19.8 Å². The fraction of sp³-hybridized carbons (Fsp3) is 0.696. The number of hydrogen-bond donors (Lipinski definition) is 1. The van der Waals surface area contributed by atoms with E-state index in [4.69, 9.17) is 4.74 Å². The Morgan fingerprint density at radius 3 is 2.31 bits per heavy atom. The van der Waals surface area contributed by atoms with Crippen LogP contribution in [0, 0.1) is 0 Å². The summed E-state index contributed by atoms with van der Waals surface area (Å²) in [5.41, 5.74) is 1.42. The van der Waals surface area contributed by atoms with Crippen molar-refractivity contribution in [1.82, 2.24) is 15.1 Å². The van der Waals surface area contributed by atoms with E-state index in [1.165, 1.54) is 37.8 Å². The molecule has 29 heavy (non-hydrogen) atoms. The lowest BCUT2D eigenvalue weighted by Gasteiger charge is -2.48. The van der Waals surface area contributed by atoms with Gasteiger partial charge in [0, 0.05) is 57.0 Å². The van der Waals surface area contributed by atoms with Gasteiger partial charge in [-0.05, 0) is 25.0 Å². The molecule has 0 radical (unpaired) electrons. The standard InChI is InChI=1S/C23H36N4O2/c28-22(19-25-11-13-26(14-12-25)21-7-3-1-4-8-21)24-20-23(9-5-2-6-10-23)27-15-17-29-18-16-27/h1,3-4,7-8H,2,5-6,9-20H2,(H,24,28). The molecular formula is C23H36N4O2. The molecule has 3 aliphatic rings. The molecule has 160 valence electrons. The number of carbonyl (C=O) groups excluding carboxylic acids is 1. The van der Waals surface area contributed by atoms with Crippen molar-refractivity contribution in [3.8, 4) is 0 Å². The summed E-state index contributed by atoms with van der Waals surface area (Å²) in [4.78, 5) is 20.0. The number of rotatable bonds is 6. The summed E-state index contributed by atoms with van der Waals surface area (Å²) in [6, 6.07) is 10.6. The number of ether oxygens (including phenoxy) is 1. The minimum atomic E-state index is 0.143. The van der Waals surface area contributed by atoms with E-state index in [1.54, 1.807) is 0 Å². The van der Waals surface area contributed by atoms with Crippen molar-refractivity contribution < 1.29 is 9.53 Å². The predicted octanol–water partition coefficient (Wildman–Crippen LogP) is 1.96. The van der Waals surface area contributed by atoms with Gasteiger partial charge in [0.1, 0.15) is 0 Å². The fourth-order valence-corrected chi connectivity index (χ4v) is 5.18. The molecule has 6 heteroatoms. The lowest BCUT2D eigenvalue weighted by Crippen LogP contribution is -2.60. The predicted molar refractivity (Wildman–Crippen MR) is 116 cm³/mol. The number of hydrogen-bond acceptors (Lipinski definition) is 5. The molecule has 2 saturated heterocycles. The van der Waals surface area contributed by atoms with Gasteiger partial charge in [0.15, 0.2) is 0 Å². The average Bonchev–Trinajstić information content (AvgIpc) is 2.80. The molecule has 1 N–H and O–H groups in total. The fourth-order valence-electron chi connectivity index (χ4n) is 5.18. The van der Waals surface area contributed by atoms with Crippen LogP contribution in [0.1, 0.15) is 32.1 Å². The molecule has 2 heterocycles. The molecule has 1 aliphatic carbocycles. The van der Waals surface area contributed by atoms with Crippen LogP contribution in [0.2, 0.25) is 0 Å². The van der Waals surface area contributed by atoms with Gasteiger partial charge in [-0.15, -0.1) is 0 Å². The average molecular weight is 401 g/mol. The summed E-state index contributed by atoms with van der Waals surface area (Å²) in [6.07, 6.45) is 6.27. The highest BCUT2D eigenvalue weighted by Crippen LogP contribution is 2.33. The van der Waals surface area contributed by atoms with Crippen LogP contribution in [0.25, 0.3) is 0 Å². The third-order valence-corrected chi connectivity index (χ3v) is 6.94. The summed E-state index contributed by atoms with van der Waals surface area (Å²) in [6.45, 7) is 8.78. The quantitative estimate of drug-likeness (QED) is 0.791. The van der Waals surface area contributed by atoms with Crippen LogP contribution in [0.5, 0.6) is 0 Å². The second-order valence-electron chi connectivity index (χ2n) is 8.76. The van der Waals surface area contributed by atoms with Gasteiger partial charge in [-0.25, -0.2) is 0 Å². The number of morpholine rings is 1. The van der Waals surface area contributed by atoms with Gasteiger partial charge in [0.2, 0.25) is 5.91 Å². The normalized spacial score (nSPS) is 23.7. The van der Waals surface area contributed by atoms with Crippen LogP contribution in [-0.4, -0.2) is 86.8 Å². The van der Waals surface area contributed by atoms with E-state index in [-0.39, 0.29) is 11.4 Å². The molecule has 1 aromatic rings. The Bertz CT molecular complexity index is 634. The van der Waals surface area contributed by atoms with Gasteiger partial charge in [-0.2, -0.15) is 0 Å². The summed E-state index contributed by atoms with van der Waals surface area (Å²) in [5, 5.41) is 3.30. The number of nitrogens with one attached hydrogen (secondary N) is 1. The van der Waals surface area contributed by atoms with Crippen molar-refractivity contribution in [2.45, 2.75) is 37.6 Å². The second-order valence-corrected chi connectivity index (χ2v) is 8.76. The van der Waals surface area contributed by atoms with Crippen molar-refractivity contribution in [1.29, 1.82) is 0 Å². The monoisotopic (exact) mass is 400 g/mol. The molecule has 3 fully saturated rings. The minimum Gasteiger partial charge on any atom is -0.379 e. The second kappa shape index (κ2) is 9.92. The number of piperazine rings is 1. The van der Waals surface area contributed by atoms with Crippen LogP contribution < -0.4 is 10.2 Å². The van der Waals surface area contributed by atoms with E-state index in [1.807, 2.05) is 0 Å². The molecule has 0 bridgehead atoms. The SMILES string of the molecule is O=C(CN1CCN(c2ccccc2)CC1)NCC1(N2CCOCC2)CCCCC1. The van der Waals surface area contributed by atoms with Gasteiger partial charge >= 0.3 is 0 Å². The lowest BCUT2D eigenvalue weighted by molar-refractivity contribution is -0.123. The van der Waals surface area contributed by atoms with Crippen LogP contribution in [0.3, 0.4) is 0 Å². The van der Waals surface area contributed by atoms with E-state index in [0.29, 0.717) is 6.54 Å². The Hall–Kier alpha value is -1.63. The van der Waals surface area contributed by atoms with Crippen LogP contribution >= 0.6 is 0 Å². The van der Waals surface area contributed by atoms with Gasteiger partial charge in [-0.1, -0.05) is 37.5 Å². The number of nitrogens with zero attached hydrogens (tertiary/aromatic N) is 3. The molecule has 0 atom stereocenters. The Morgan fingerprint density at radius 1 is 0.931 bits per heavy atom. The maximum Gasteiger partial charge on any atom is 0.234 e. The Kier molecular flexibility index (Phi) is 7.06. The molecule has 1 amide bonds. The molecule has 0 aromatic heterocycles. The molecule has 6 nitrogen and oxygen atoms in total. The molecule has 0 unspecified atom stereocenters. The molecule has 1 aromatic carbocycles. The van der Waals surface area contributed by atoms with E-state index in [0.717, 1.165) is 59.0 Å². The number of para-hydroxylation sites is 1. The molecule has 2 aliphatic heterocycles. The summed E-state index contributed by atoms with van der Waals surface area (Å²) < 4.78 is 5.56. The molecular weight excluding hydrogens is 364 g/mol. The zero-order valence-electron chi connectivity index (χ0n) is 17.7. The van der Waals surface area contributed by atoms with E-state index >= 15 is 0 Å². The van der Waals surface area contributed by atoms with Gasteiger partial charge < -0.3 is 15.0 Å². The first-order chi connectivity index (χ1) is 14.3. The van der Waals surface area contributed by atoms with Gasteiger partial charge in [0.25, 0.3) is 0 Å². The van der Waals surface area contributed by atoms with Crippen LogP contribution in [0.15, 0.2) is 30.3 Å². The Balaban J connectivity index is 1.25. The van der Waals surface area contributed by atoms with E-state index in [9.17, 15) is 4.79 Å². The van der Waals surface area contributed by atoms with Crippen molar-refractivity contribution in [3.05, 3.63) is 30.3 Å². The number of carbonyl (C=O) groups is 1. The first-order valence-corrected chi connectivity index (χ1v) is 11.4. The topological polar surface area (TPSA) is 48.1 Å². The smallest absolute Gasteiger partial charge is 0.234 e. The van der Waals surface area contributed by atoms with Crippen molar-refractivity contribution >= 4 is 11.6 Å². The Labute approximate surface area is 175 Å². The molecule has 4 rings (SSSR count). The highest BCUT2D eigenvalue weighted by atomic mass is 16.5. The molecule has 1 saturated carbocycles. The number of benzene rings is 1. The third-order valence-electron chi connectivity index (χ3n) is 6.94. The van der Waals surface area contributed by atoms with Crippen LogP contribution in [0.4, 0.5) is 5.69 Å². The minimum absolute atomic E-state index is 0.143. The summed E-state index contributed by atoms with van der Waals surface area (Å²) >= 11 is 0. The van der Waals surface area contributed by atoms with Crippen molar-refractivity contribution in [2.75, 3.05) is 70.5 Å². The maximum absolute atomic E-state index is 12.7. The Morgan fingerprint density at radius 2 is 1.62 bits per heavy atom. The highest BCUT2D eigenvalue weighted by Gasteiger charge is 2.38. The van der Waals surface area contributed by atoms with Crippen molar-refractivity contribution in [3.63, 3.8) is 0 Å². The zero-order valence-corrected chi connectivity index (χ0v) is 17.7. The van der Waals surface area contributed by atoms with E-state index < -0.39 is 0 Å². The lowest BCUT2D eigenvalue weighted by atomic mass is 9.79. The third kappa shape index (κ3) is 5.30. The first-order valence-electron chi connectivity index (χ1n) is 11.4. The van der Waals surface area contributed by atoms with Gasteiger partial charge in [-0.3, -0.25) is 14.6 Å². The van der Waals surface area contributed by atoms with E-state index in [2.05, 4.69) is 50.3 Å².